The fourth-order valence-corrected chi connectivity index (χ4v) is 3.42. The van der Waals surface area contributed by atoms with Crippen LogP contribution in [0.25, 0.3) is 0 Å². The van der Waals surface area contributed by atoms with E-state index in [2.05, 4.69) is 18.3 Å². The van der Waals surface area contributed by atoms with Gasteiger partial charge in [0.05, 0.1) is 12.1 Å². The van der Waals surface area contributed by atoms with E-state index in [1.807, 2.05) is 18.5 Å². The second-order valence-corrected chi connectivity index (χ2v) is 6.64. The van der Waals surface area contributed by atoms with Crippen LogP contribution in [0.4, 0.5) is 4.79 Å². The third-order valence-electron chi connectivity index (χ3n) is 4.11. The van der Waals surface area contributed by atoms with Crippen molar-refractivity contribution in [3.63, 3.8) is 0 Å². The van der Waals surface area contributed by atoms with Crippen LogP contribution < -0.4 is 5.32 Å². The largest absolute Gasteiger partial charge is 0.378 e. The van der Waals surface area contributed by atoms with Crippen molar-refractivity contribution in [3.8, 4) is 0 Å². The first-order chi connectivity index (χ1) is 10.2. The minimum Gasteiger partial charge on any atom is -0.378 e. The fourth-order valence-electron chi connectivity index (χ4n) is 2.59. The maximum absolute atomic E-state index is 12.1. The zero-order chi connectivity index (χ0) is 15.1. The Morgan fingerprint density at radius 1 is 1.52 bits per heavy atom. The van der Waals surface area contributed by atoms with Crippen molar-refractivity contribution in [2.45, 2.75) is 51.2 Å². The molecule has 1 fully saturated rings. The molecule has 1 aliphatic carbocycles. The summed E-state index contributed by atoms with van der Waals surface area (Å²) < 4.78 is 5.79. The number of rotatable bonds is 7. The van der Waals surface area contributed by atoms with Crippen molar-refractivity contribution in [2.75, 3.05) is 20.2 Å². The summed E-state index contributed by atoms with van der Waals surface area (Å²) in [6.07, 6.45) is 6.34. The molecule has 0 radical (unpaired) electrons. The number of carbonyl (C=O) groups excluding carboxylic acids is 1. The van der Waals surface area contributed by atoms with Gasteiger partial charge in [-0.3, -0.25) is 0 Å². The van der Waals surface area contributed by atoms with Gasteiger partial charge < -0.3 is 15.0 Å². The Kier molecular flexibility index (Phi) is 6.51. The molecule has 0 spiro atoms. The summed E-state index contributed by atoms with van der Waals surface area (Å²) in [5.41, 5.74) is 0. The lowest BCUT2D eigenvalue weighted by molar-refractivity contribution is 0.0570. The Morgan fingerprint density at radius 2 is 2.29 bits per heavy atom. The van der Waals surface area contributed by atoms with Crippen LogP contribution in [0.5, 0.6) is 0 Å². The zero-order valence-corrected chi connectivity index (χ0v) is 13.8. The molecule has 2 amide bonds. The molecule has 1 aromatic rings. The highest BCUT2D eigenvalue weighted by Crippen LogP contribution is 2.23. The van der Waals surface area contributed by atoms with E-state index in [9.17, 15) is 4.79 Å². The second-order valence-electron chi connectivity index (χ2n) is 5.67. The van der Waals surface area contributed by atoms with Crippen LogP contribution >= 0.6 is 11.3 Å². The molecule has 4 nitrogen and oxygen atoms in total. The molecular formula is C16H26N2O2S. The van der Waals surface area contributed by atoms with E-state index in [0.29, 0.717) is 12.6 Å². The maximum Gasteiger partial charge on any atom is 0.317 e. The second kappa shape index (κ2) is 8.39. The van der Waals surface area contributed by atoms with E-state index in [1.165, 1.54) is 30.6 Å². The molecular weight excluding hydrogens is 284 g/mol. The van der Waals surface area contributed by atoms with Crippen molar-refractivity contribution in [1.29, 1.82) is 0 Å². The van der Waals surface area contributed by atoms with Crippen LogP contribution in [-0.2, 0) is 4.74 Å². The monoisotopic (exact) mass is 310 g/mol. The smallest absolute Gasteiger partial charge is 0.317 e. The number of hydrogen-bond acceptors (Lipinski definition) is 3. The molecule has 0 aliphatic heterocycles. The molecule has 21 heavy (non-hydrogen) atoms. The standard InChI is InChI=1S/C16H26N2O2S/c1-13(15-9-5-12-21-15)18(2)16(19)17-10-6-11-20-14-7-3-4-8-14/h5,9,12-14H,3-4,6-8,10-11H2,1-2H3,(H,17,19). The summed E-state index contributed by atoms with van der Waals surface area (Å²) in [5.74, 6) is 0. The molecule has 1 aliphatic rings. The van der Waals surface area contributed by atoms with E-state index in [0.717, 1.165) is 13.0 Å². The summed E-state index contributed by atoms with van der Waals surface area (Å²) in [4.78, 5) is 15.0. The number of hydrogen-bond donors (Lipinski definition) is 1. The Hall–Kier alpha value is -1.07. The summed E-state index contributed by atoms with van der Waals surface area (Å²) in [7, 11) is 1.84. The summed E-state index contributed by atoms with van der Waals surface area (Å²) in [6.45, 7) is 3.47. The van der Waals surface area contributed by atoms with E-state index in [4.69, 9.17) is 4.74 Å². The highest BCUT2D eigenvalue weighted by molar-refractivity contribution is 7.10. The van der Waals surface area contributed by atoms with Gasteiger partial charge in [-0.15, -0.1) is 11.3 Å². The van der Waals surface area contributed by atoms with E-state index >= 15 is 0 Å². The van der Waals surface area contributed by atoms with Gasteiger partial charge in [-0.2, -0.15) is 0 Å². The lowest BCUT2D eigenvalue weighted by atomic mass is 10.2. The van der Waals surface area contributed by atoms with Gasteiger partial charge in [-0.25, -0.2) is 4.79 Å². The average molecular weight is 310 g/mol. The number of carbonyl (C=O) groups is 1. The Labute approximate surface area is 131 Å². The van der Waals surface area contributed by atoms with Crippen LogP contribution in [0.15, 0.2) is 17.5 Å². The van der Waals surface area contributed by atoms with Crippen molar-refractivity contribution in [2.24, 2.45) is 0 Å². The van der Waals surface area contributed by atoms with Gasteiger partial charge in [-0.1, -0.05) is 18.9 Å². The highest BCUT2D eigenvalue weighted by Gasteiger charge is 2.18. The first-order valence-corrected chi connectivity index (χ1v) is 8.72. The number of amides is 2. The summed E-state index contributed by atoms with van der Waals surface area (Å²) >= 11 is 1.68. The van der Waals surface area contributed by atoms with Crippen LogP contribution in [0.3, 0.4) is 0 Å². The third-order valence-corrected chi connectivity index (χ3v) is 5.15. The van der Waals surface area contributed by atoms with E-state index < -0.39 is 0 Å². The third kappa shape index (κ3) is 5.00. The van der Waals surface area contributed by atoms with Crippen molar-refractivity contribution in [1.82, 2.24) is 10.2 Å². The fraction of sp³-hybridized carbons (Fsp3) is 0.688. The number of ether oxygens (including phenoxy) is 1. The molecule has 2 rings (SSSR count). The van der Waals surface area contributed by atoms with Crippen LogP contribution in [0, 0.1) is 0 Å². The van der Waals surface area contributed by atoms with Crippen LogP contribution in [0.1, 0.15) is 49.9 Å². The molecule has 1 saturated carbocycles. The van der Waals surface area contributed by atoms with Gasteiger partial charge in [0.2, 0.25) is 0 Å². The lowest BCUT2D eigenvalue weighted by Crippen LogP contribution is -2.39. The molecule has 1 aromatic heterocycles. The quantitative estimate of drug-likeness (QED) is 0.778. The summed E-state index contributed by atoms with van der Waals surface area (Å²) in [6, 6.07) is 4.17. The minimum absolute atomic E-state index is 0.0169. The number of thiophene rings is 1. The Morgan fingerprint density at radius 3 is 2.95 bits per heavy atom. The SMILES string of the molecule is CC(c1cccs1)N(C)C(=O)NCCCOC1CCCC1. The van der Waals surface area contributed by atoms with Gasteiger partial charge >= 0.3 is 6.03 Å². The van der Waals surface area contributed by atoms with Gasteiger partial charge in [0.15, 0.2) is 0 Å². The van der Waals surface area contributed by atoms with Gasteiger partial charge in [0.25, 0.3) is 0 Å². The van der Waals surface area contributed by atoms with E-state index in [1.54, 1.807) is 16.2 Å². The van der Waals surface area contributed by atoms with Gasteiger partial charge in [0.1, 0.15) is 0 Å². The normalized spacial score (nSPS) is 16.9. The molecule has 5 heteroatoms. The number of nitrogens with zero attached hydrogens (tertiary/aromatic N) is 1. The summed E-state index contributed by atoms with van der Waals surface area (Å²) in [5, 5.41) is 5.00. The van der Waals surface area contributed by atoms with Crippen LogP contribution in [0.2, 0.25) is 0 Å². The van der Waals surface area contributed by atoms with Gasteiger partial charge in [0, 0.05) is 25.1 Å². The minimum atomic E-state index is -0.0169. The Bertz CT molecular complexity index is 416. The van der Waals surface area contributed by atoms with E-state index in [-0.39, 0.29) is 12.1 Å². The molecule has 1 heterocycles. The predicted molar refractivity (Wildman–Crippen MR) is 86.7 cm³/mol. The lowest BCUT2D eigenvalue weighted by Gasteiger charge is -2.24. The van der Waals surface area contributed by atoms with Crippen LogP contribution in [-0.4, -0.2) is 37.2 Å². The topological polar surface area (TPSA) is 41.6 Å². The molecule has 0 saturated heterocycles. The first-order valence-electron chi connectivity index (χ1n) is 7.84. The number of nitrogens with one attached hydrogen (secondary N) is 1. The predicted octanol–water partition coefficient (Wildman–Crippen LogP) is 3.80. The maximum atomic E-state index is 12.1. The number of urea groups is 1. The molecule has 0 aromatic carbocycles. The van der Waals surface area contributed by atoms with Gasteiger partial charge in [-0.05, 0) is 37.6 Å². The van der Waals surface area contributed by atoms with Crippen molar-refractivity contribution < 1.29 is 9.53 Å². The molecule has 1 atom stereocenters. The molecule has 1 N–H and O–H groups in total. The average Bonchev–Trinajstić information content (AvgIpc) is 3.18. The highest BCUT2D eigenvalue weighted by atomic mass is 32.1. The first kappa shape index (κ1) is 16.3. The zero-order valence-electron chi connectivity index (χ0n) is 13.0. The molecule has 0 bridgehead atoms. The molecule has 118 valence electrons. The van der Waals surface area contributed by atoms with Crippen molar-refractivity contribution in [3.05, 3.63) is 22.4 Å². The van der Waals surface area contributed by atoms with Crippen molar-refractivity contribution >= 4 is 17.4 Å². The molecule has 1 unspecified atom stereocenters. The Balaban J connectivity index is 1.60.